The van der Waals surface area contributed by atoms with Crippen LogP contribution in [0, 0.1) is 0 Å². The number of nitrogens with zero attached hydrogens (tertiary/aromatic N) is 4. The summed E-state index contributed by atoms with van der Waals surface area (Å²) >= 11 is 0. The van der Waals surface area contributed by atoms with Gasteiger partial charge in [-0.25, -0.2) is 13.1 Å². The third kappa shape index (κ3) is 4.23. The molecular formula is C21H22N4O3S. The molecule has 2 heterocycles. The summed E-state index contributed by atoms with van der Waals surface area (Å²) in [5.74, 6) is 0. The van der Waals surface area contributed by atoms with Crippen molar-refractivity contribution in [2.45, 2.75) is 11.4 Å². The number of sulfonamides is 1. The molecule has 1 fully saturated rings. The van der Waals surface area contributed by atoms with Crippen LogP contribution >= 0.6 is 0 Å². The Labute approximate surface area is 169 Å². The molecule has 0 N–H and O–H groups in total. The Balaban J connectivity index is 1.44. The third-order valence-corrected chi connectivity index (χ3v) is 6.93. The van der Waals surface area contributed by atoms with E-state index in [1.165, 1.54) is 8.99 Å². The summed E-state index contributed by atoms with van der Waals surface area (Å²) in [5, 5.41) is 4.29. The van der Waals surface area contributed by atoms with E-state index in [4.69, 9.17) is 0 Å². The molecule has 29 heavy (non-hydrogen) atoms. The Morgan fingerprint density at radius 3 is 2.10 bits per heavy atom. The first-order chi connectivity index (χ1) is 14.0. The van der Waals surface area contributed by atoms with Gasteiger partial charge in [0.25, 0.3) is 5.56 Å². The SMILES string of the molecule is O=c1cc(N2CCN(S(=O)(=O)c3ccccc3)CC2)cnn1Cc1ccccc1. The Hall–Kier alpha value is -2.97. The van der Waals surface area contributed by atoms with Crippen molar-refractivity contribution in [3.05, 3.63) is 88.8 Å². The molecule has 2 aromatic carbocycles. The number of hydrogen-bond acceptors (Lipinski definition) is 5. The Bertz CT molecular complexity index is 1120. The maximum absolute atomic E-state index is 12.7. The second kappa shape index (κ2) is 8.18. The largest absolute Gasteiger partial charge is 0.367 e. The minimum atomic E-state index is -3.49. The first kappa shape index (κ1) is 19.4. The number of piperazine rings is 1. The fourth-order valence-electron chi connectivity index (χ4n) is 3.40. The molecule has 0 saturated carbocycles. The van der Waals surface area contributed by atoms with Gasteiger partial charge in [0.2, 0.25) is 10.0 Å². The van der Waals surface area contributed by atoms with Crippen molar-refractivity contribution in [1.29, 1.82) is 0 Å². The van der Waals surface area contributed by atoms with Gasteiger partial charge >= 0.3 is 0 Å². The molecule has 7 nitrogen and oxygen atoms in total. The summed E-state index contributed by atoms with van der Waals surface area (Å²) in [6, 6.07) is 19.7. The molecule has 0 unspecified atom stereocenters. The van der Waals surface area contributed by atoms with Gasteiger partial charge in [0.05, 0.1) is 23.3 Å². The van der Waals surface area contributed by atoms with Gasteiger partial charge < -0.3 is 4.90 Å². The molecule has 4 rings (SSSR count). The van der Waals surface area contributed by atoms with Gasteiger partial charge in [-0.2, -0.15) is 9.40 Å². The van der Waals surface area contributed by atoms with Gasteiger partial charge in [0.15, 0.2) is 0 Å². The van der Waals surface area contributed by atoms with E-state index in [-0.39, 0.29) is 5.56 Å². The van der Waals surface area contributed by atoms with E-state index in [0.29, 0.717) is 37.6 Å². The maximum Gasteiger partial charge on any atom is 0.269 e. The molecule has 1 aliphatic rings. The van der Waals surface area contributed by atoms with Crippen LogP contribution in [0.15, 0.2) is 82.6 Å². The maximum atomic E-state index is 12.7. The lowest BCUT2D eigenvalue weighted by atomic mass is 10.2. The van der Waals surface area contributed by atoms with Crippen molar-refractivity contribution in [3.8, 4) is 0 Å². The number of hydrogen-bond donors (Lipinski definition) is 0. The topological polar surface area (TPSA) is 75.5 Å². The summed E-state index contributed by atoms with van der Waals surface area (Å²) < 4.78 is 28.4. The van der Waals surface area contributed by atoms with Crippen LogP contribution in [-0.2, 0) is 16.6 Å². The smallest absolute Gasteiger partial charge is 0.269 e. The van der Waals surface area contributed by atoms with Gasteiger partial charge in [-0.15, -0.1) is 0 Å². The van der Waals surface area contributed by atoms with Gasteiger partial charge in [0.1, 0.15) is 0 Å². The zero-order chi connectivity index (χ0) is 20.3. The van der Waals surface area contributed by atoms with Crippen LogP contribution in [0.1, 0.15) is 5.56 Å². The molecule has 8 heteroatoms. The standard InChI is InChI=1S/C21H22N4O3S/c26-21-15-19(16-22-25(21)17-18-7-3-1-4-8-18)23-11-13-24(14-12-23)29(27,28)20-9-5-2-6-10-20/h1-10,15-16H,11-14,17H2. The average Bonchev–Trinajstić information content (AvgIpc) is 2.76. The van der Waals surface area contributed by atoms with Gasteiger partial charge in [-0.3, -0.25) is 4.79 Å². The molecular weight excluding hydrogens is 388 g/mol. The van der Waals surface area contributed by atoms with Gasteiger partial charge in [-0.05, 0) is 17.7 Å². The fraction of sp³-hybridized carbons (Fsp3) is 0.238. The highest BCUT2D eigenvalue weighted by atomic mass is 32.2. The predicted molar refractivity (Wildman–Crippen MR) is 111 cm³/mol. The highest BCUT2D eigenvalue weighted by Crippen LogP contribution is 2.19. The van der Waals surface area contributed by atoms with E-state index in [2.05, 4.69) is 5.10 Å². The van der Waals surface area contributed by atoms with Crippen molar-refractivity contribution < 1.29 is 8.42 Å². The molecule has 0 spiro atoms. The molecule has 3 aromatic rings. The normalized spacial score (nSPS) is 15.4. The van der Waals surface area contributed by atoms with E-state index in [1.54, 1.807) is 42.6 Å². The zero-order valence-electron chi connectivity index (χ0n) is 15.9. The Morgan fingerprint density at radius 1 is 0.862 bits per heavy atom. The number of anilines is 1. The van der Waals surface area contributed by atoms with Crippen molar-refractivity contribution in [3.63, 3.8) is 0 Å². The summed E-state index contributed by atoms with van der Waals surface area (Å²) in [6.45, 7) is 2.17. The van der Waals surface area contributed by atoms with Crippen LogP contribution in [0.4, 0.5) is 5.69 Å². The van der Waals surface area contributed by atoms with E-state index in [1.807, 2.05) is 35.2 Å². The van der Waals surface area contributed by atoms with Crippen molar-refractivity contribution in [1.82, 2.24) is 14.1 Å². The molecule has 1 saturated heterocycles. The number of rotatable bonds is 5. The number of aromatic nitrogens is 2. The van der Waals surface area contributed by atoms with Crippen LogP contribution < -0.4 is 10.5 Å². The molecule has 1 aromatic heterocycles. The molecule has 0 atom stereocenters. The van der Waals surface area contributed by atoms with Crippen molar-refractivity contribution in [2.24, 2.45) is 0 Å². The fourth-order valence-corrected chi connectivity index (χ4v) is 4.84. The van der Waals surface area contributed by atoms with E-state index >= 15 is 0 Å². The molecule has 1 aliphatic heterocycles. The molecule has 0 radical (unpaired) electrons. The minimum absolute atomic E-state index is 0.175. The van der Waals surface area contributed by atoms with Crippen LogP contribution in [0.3, 0.4) is 0 Å². The van der Waals surface area contributed by atoms with E-state index in [0.717, 1.165) is 11.3 Å². The summed E-state index contributed by atoms with van der Waals surface area (Å²) in [7, 11) is -3.49. The lowest BCUT2D eigenvalue weighted by molar-refractivity contribution is 0.384. The second-order valence-electron chi connectivity index (χ2n) is 6.90. The third-order valence-electron chi connectivity index (χ3n) is 5.02. The lowest BCUT2D eigenvalue weighted by Gasteiger charge is -2.35. The molecule has 0 amide bonds. The van der Waals surface area contributed by atoms with E-state index in [9.17, 15) is 13.2 Å². The molecule has 0 bridgehead atoms. The number of benzene rings is 2. The van der Waals surface area contributed by atoms with Crippen molar-refractivity contribution in [2.75, 3.05) is 31.1 Å². The van der Waals surface area contributed by atoms with E-state index < -0.39 is 10.0 Å². The highest BCUT2D eigenvalue weighted by Gasteiger charge is 2.28. The monoisotopic (exact) mass is 410 g/mol. The lowest BCUT2D eigenvalue weighted by Crippen LogP contribution is -2.49. The van der Waals surface area contributed by atoms with Crippen LogP contribution in [0.2, 0.25) is 0 Å². The minimum Gasteiger partial charge on any atom is -0.367 e. The average molecular weight is 410 g/mol. The summed E-state index contributed by atoms with van der Waals surface area (Å²) in [6.07, 6.45) is 1.67. The van der Waals surface area contributed by atoms with Gasteiger partial charge in [-0.1, -0.05) is 48.5 Å². The molecule has 0 aliphatic carbocycles. The predicted octanol–water partition coefficient (Wildman–Crippen LogP) is 1.80. The summed E-state index contributed by atoms with van der Waals surface area (Å²) in [5.41, 5.74) is 1.55. The van der Waals surface area contributed by atoms with Gasteiger partial charge in [0, 0.05) is 32.2 Å². The highest BCUT2D eigenvalue weighted by molar-refractivity contribution is 7.89. The quantitative estimate of drug-likeness (QED) is 0.641. The second-order valence-corrected chi connectivity index (χ2v) is 8.84. The first-order valence-electron chi connectivity index (χ1n) is 9.45. The zero-order valence-corrected chi connectivity index (χ0v) is 16.7. The van der Waals surface area contributed by atoms with Crippen LogP contribution in [0.5, 0.6) is 0 Å². The Kier molecular flexibility index (Phi) is 5.46. The molecule has 150 valence electrons. The Morgan fingerprint density at radius 2 is 1.48 bits per heavy atom. The van der Waals surface area contributed by atoms with Crippen LogP contribution in [0.25, 0.3) is 0 Å². The van der Waals surface area contributed by atoms with Crippen molar-refractivity contribution >= 4 is 15.7 Å². The first-order valence-corrected chi connectivity index (χ1v) is 10.9. The summed E-state index contributed by atoms with van der Waals surface area (Å²) in [4.78, 5) is 14.8. The van der Waals surface area contributed by atoms with Crippen LogP contribution in [-0.4, -0.2) is 48.7 Å².